The van der Waals surface area contributed by atoms with Crippen LogP contribution >= 0.6 is 0 Å². The SMILES string of the molecule is CCCn1nncc1C(NC)c1cnc(C)cn1. The molecule has 0 aliphatic rings. The Morgan fingerprint density at radius 3 is 2.72 bits per heavy atom. The molecule has 18 heavy (non-hydrogen) atoms. The van der Waals surface area contributed by atoms with Crippen LogP contribution in [0.15, 0.2) is 18.6 Å². The molecule has 0 bridgehead atoms. The van der Waals surface area contributed by atoms with Crippen LogP contribution in [0.3, 0.4) is 0 Å². The molecule has 1 unspecified atom stereocenters. The molecule has 2 aromatic heterocycles. The molecule has 0 aliphatic heterocycles. The maximum atomic E-state index is 4.41. The molecule has 0 amide bonds. The predicted molar refractivity (Wildman–Crippen MR) is 68.0 cm³/mol. The number of hydrogen-bond donors (Lipinski definition) is 1. The maximum absolute atomic E-state index is 4.41. The van der Waals surface area contributed by atoms with E-state index in [2.05, 4.69) is 32.5 Å². The van der Waals surface area contributed by atoms with Crippen molar-refractivity contribution in [2.24, 2.45) is 0 Å². The smallest absolute Gasteiger partial charge is 0.0951 e. The van der Waals surface area contributed by atoms with E-state index < -0.39 is 0 Å². The second-order valence-corrected chi connectivity index (χ2v) is 4.19. The first-order valence-corrected chi connectivity index (χ1v) is 6.10. The van der Waals surface area contributed by atoms with Crippen LogP contribution < -0.4 is 5.32 Å². The summed E-state index contributed by atoms with van der Waals surface area (Å²) in [5.41, 5.74) is 2.80. The average Bonchev–Trinajstić information content (AvgIpc) is 2.82. The summed E-state index contributed by atoms with van der Waals surface area (Å²) in [6, 6.07) is -0.0281. The highest BCUT2D eigenvalue weighted by molar-refractivity contribution is 5.18. The third-order valence-corrected chi connectivity index (χ3v) is 2.76. The molecule has 0 radical (unpaired) electrons. The molecule has 2 rings (SSSR count). The fourth-order valence-corrected chi connectivity index (χ4v) is 1.87. The number of rotatable bonds is 5. The van der Waals surface area contributed by atoms with Gasteiger partial charge in [-0.3, -0.25) is 9.97 Å². The number of nitrogens with one attached hydrogen (secondary N) is 1. The van der Waals surface area contributed by atoms with E-state index in [0.717, 1.165) is 30.0 Å². The molecule has 0 fully saturated rings. The summed E-state index contributed by atoms with van der Waals surface area (Å²) in [6.07, 6.45) is 6.36. The minimum Gasteiger partial charge on any atom is -0.307 e. The second kappa shape index (κ2) is 5.68. The van der Waals surface area contributed by atoms with Crippen molar-refractivity contribution in [3.63, 3.8) is 0 Å². The third-order valence-electron chi connectivity index (χ3n) is 2.76. The fourth-order valence-electron chi connectivity index (χ4n) is 1.87. The standard InChI is InChI=1S/C12H18N6/c1-4-5-18-11(8-16-17-18)12(13-3)10-7-14-9(2)6-15-10/h6-8,12-13H,4-5H2,1-3H3. The normalized spacial score (nSPS) is 12.6. The van der Waals surface area contributed by atoms with E-state index in [4.69, 9.17) is 0 Å². The van der Waals surface area contributed by atoms with Gasteiger partial charge >= 0.3 is 0 Å². The minimum atomic E-state index is -0.0281. The molecule has 6 heteroatoms. The molecule has 6 nitrogen and oxygen atoms in total. The Kier molecular flexibility index (Phi) is 3.99. The van der Waals surface area contributed by atoms with E-state index >= 15 is 0 Å². The van der Waals surface area contributed by atoms with Crippen molar-refractivity contribution in [1.82, 2.24) is 30.3 Å². The lowest BCUT2D eigenvalue weighted by atomic mass is 10.1. The van der Waals surface area contributed by atoms with Crippen molar-refractivity contribution < 1.29 is 0 Å². The Morgan fingerprint density at radius 1 is 1.28 bits per heavy atom. The van der Waals surface area contributed by atoms with Crippen LogP contribution in [0.25, 0.3) is 0 Å². The van der Waals surface area contributed by atoms with E-state index in [0.29, 0.717) is 0 Å². The number of aryl methyl sites for hydroxylation is 2. The van der Waals surface area contributed by atoms with Gasteiger partial charge in [0, 0.05) is 12.7 Å². The Balaban J connectivity index is 2.32. The fraction of sp³-hybridized carbons (Fsp3) is 0.500. The van der Waals surface area contributed by atoms with Gasteiger partial charge < -0.3 is 5.32 Å². The highest BCUT2D eigenvalue weighted by atomic mass is 15.4. The van der Waals surface area contributed by atoms with Crippen LogP contribution in [0.5, 0.6) is 0 Å². The maximum Gasteiger partial charge on any atom is 0.0951 e. The first kappa shape index (κ1) is 12.6. The molecule has 2 heterocycles. The Labute approximate surface area is 106 Å². The zero-order valence-corrected chi connectivity index (χ0v) is 11.0. The average molecular weight is 246 g/mol. The number of aromatic nitrogens is 5. The van der Waals surface area contributed by atoms with Gasteiger partial charge in [0.25, 0.3) is 0 Å². The summed E-state index contributed by atoms with van der Waals surface area (Å²) in [5.74, 6) is 0. The summed E-state index contributed by atoms with van der Waals surface area (Å²) in [4.78, 5) is 8.69. The van der Waals surface area contributed by atoms with Gasteiger partial charge in [-0.15, -0.1) is 5.10 Å². The third kappa shape index (κ3) is 2.53. The van der Waals surface area contributed by atoms with Crippen molar-refractivity contribution in [1.29, 1.82) is 0 Å². The zero-order valence-electron chi connectivity index (χ0n) is 11.0. The van der Waals surface area contributed by atoms with Crippen LogP contribution in [-0.2, 0) is 6.54 Å². The van der Waals surface area contributed by atoms with Gasteiger partial charge in [-0.05, 0) is 20.4 Å². The second-order valence-electron chi connectivity index (χ2n) is 4.19. The zero-order chi connectivity index (χ0) is 13.0. The molecule has 0 spiro atoms. The number of hydrogen-bond acceptors (Lipinski definition) is 5. The van der Waals surface area contributed by atoms with E-state index in [1.807, 2.05) is 18.7 Å². The largest absolute Gasteiger partial charge is 0.307 e. The summed E-state index contributed by atoms with van der Waals surface area (Å²) in [7, 11) is 1.90. The van der Waals surface area contributed by atoms with Crippen LogP contribution in [-0.4, -0.2) is 32.0 Å². The van der Waals surface area contributed by atoms with Gasteiger partial charge in [0.1, 0.15) is 0 Å². The highest BCUT2D eigenvalue weighted by Crippen LogP contribution is 2.18. The Hall–Kier alpha value is -1.82. The van der Waals surface area contributed by atoms with Crippen molar-refractivity contribution in [2.45, 2.75) is 32.9 Å². The first-order chi connectivity index (χ1) is 8.76. The molecular formula is C12H18N6. The van der Waals surface area contributed by atoms with Crippen molar-refractivity contribution >= 4 is 0 Å². The highest BCUT2D eigenvalue weighted by Gasteiger charge is 2.18. The lowest BCUT2D eigenvalue weighted by molar-refractivity contribution is 0.518. The van der Waals surface area contributed by atoms with E-state index in [1.165, 1.54) is 0 Å². The molecule has 1 N–H and O–H groups in total. The summed E-state index contributed by atoms with van der Waals surface area (Å²) >= 11 is 0. The molecule has 96 valence electrons. The van der Waals surface area contributed by atoms with Gasteiger partial charge in [-0.25, -0.2) is 4.68 Å². The van der Waals surface area contributed by atoms with Gasteiger partial charge in [-0.2, -0.15) is 0 Å². The van der Waals surface area contributed by atoms with Gasteiger partial charge in [0.05, 0.1) is 35.5 Å². The van der Waals surface area contributed by atoms with Crippen LogP contribution in [0.1, 0.15) is 36.5 Å². The summed E-state index contributed by atoms with van der Waals surface area (Å²) < 4.78 is 1.91. The topological polar surface area (TPSA) is 68.5 Å². The van der Waals surface area contributed by atoms with Crippen molar-refractivity contribution in [3.8, 4) is 0 Å². The molecular weight excluding hydrogens is 228 g/mol. The van der Waals surface area contributed by atoms with E-state index in [1.54, 1.807) is 18.6 Å². The first-order valence-electron chi connectivity index (χ1n) is 6.10. The molecule has 1 atom stereocenters. The minimum absolute atomic E-state index is 0.0281. The summed E-state index contributed by atoms with van der Waals surface area (Å²) in [5, 5.41) is 11.3. The molecule has 2 aromatic rings. The Morgan fingerprint density at radius 2 is 2.11 bits per heavy atom. The monoisotopic (exact) mass is 246 g/mol. The molecule has 0 saturated heterocycles. The lowest BCUT2D eigenvalue weighted by Gasteiger charge is -2.16. The Bertz CT molecular complexity index is 490. The summed E-state index contributed by atoms with van der Waals surface area (Å²) in [6.45, 7) is 4.90. The quantitative estimate of drug-likeness (QED) is 0.855. The predicted octanol–water partition coefficient (Wildman–Crippen LogP) is 1.10. The van der Waals surface area contributed by atoms with Crippen molar-refractivity contribution in [2.75, 3.05) is 7.05 Å². The van der Waals surface area contributed by atoms with Crippen LogP contribution in [0.4, 0.5) is 0 Å². The molecule has 0 aliphatic carbocycles. The van der Waals surface area contributed by atoms with Gasteiger partial charge in [-0.1, -0.05) is 12.1 Å². The van der Waals surface area contributed by atoms with E-state index in [-0.39, 0.29) is 6.04 Å². The van der Waals surface area contributed by atoms with Crippen LogP contribution in [0.2, 0.25) is 0 Å². The van der Waals surface area contributed by atoms with Gasteiger partial charge in [0.15, 0.2) is 0 Å². The molecule has 0 aromatic carbocycles. The van der Waals surface area contributed by atoms with Crippen molar-refractivity contribution in [3.05, 3.63) is 35.7 Å². The van der Waals surface area contributed by atoms with Crippen LogP contribution in [0, 0.1) is 6.92 Å². The van der Waals surface area contributed by atoms with E-state index in [9.17, 15) is 0 Å². The van der Waals surface area contributed by atoms with Gasteiger partial charge in [0.2, 0.25) is 0 Å². The molecule has 0 saturated carbocycles. The lowest BCUT2D eigenvalue weighted by Crippen LogP contribution is -2.22. The number of nitrogens with zero attached hydrogens (tertiary/aromatic N) is 5.